The average molecular weight is 487 g/mol. The molecule has 36 heavy (non-hydrogen) atoms. The first-order chi connectivity index (χ1) is 17.5. The molecule has 1 heterocycles. The first-order valence-electron chi connectivity index (χ1n) is 11.9. The third kappa shape index (κ3) is 4.49. The molecule has 2 aliphatic rings. The van der Waals surface area contributed by atoms with Gasteiger partial charge in [-0.05, 0) is 40.7 Å². The summed E-state index contributed by atoms with van der Waals surface area (Å²) >= 11 is 0. The summed E-state index contributed by atoms with van der Waals surface area (Å²) in [6.45, 7) is 0.177. The largest absolute Gasteiger partial charge is 0.480 e. The van der Waals surface area contributed by atoms with Gasteiger partial charge in [-0.1, -0.05) is 78.9 Å². The van der Waals surface area contributed by atoms with Crippen LogP contribution in [0.4, 0.5) is 9.59 Å². The molecule has 1 atom stereocenters. The van der Waals surface area contributed by atoms with Crippen LogP contribution in [0, 0.1) is 0 Å². The quantitative estimate of drug-likeness (QED) is 0.543. The Morgan fingerprint density at radius 2 is 1.42 bits per heavy atom. The van der Waals surface area contributed by atoms with Crippen molar-refractivity contribution < 1.29 is 29.0 Å². The predicted octanol–water partition coefficient (Wildman–Crippen LogP) is 5.04. The maximum absolute atomic E-state index is 13.3. The molecular weight excluding hydrogens is 460 g/mol. The molecule has 0 unspecified atom stereocenters. The minimum Gasteiger partial charge on any atom is -0.480 e. The summed E-state index contributed by atoms with van der Waals surface area (Å²) in [6, 6.07) is 23.8. The van der Waals surface area contributed by atoms with Crippen molar-refractivity contribution in [2.75, 3.05) is 13.2 Å². The van der Waals surface area contributed by atoms with Crippen LogP contribution in [0.15, 0.2) is 78.9 Å². The van der Waals surface area contributed by atoms with E-state index < -0.39 is 24.2 Å². The average Bonchev–Trinajstić information content (AvgIpc) is 3.24. The lowest BCUT2D eigenvalue weighted by molar-refractivity contribution is -0.153. The van der Waals surface area contributed by atoms with Gasteiger partial charge in [0.2, 0.25) is 0 Å². The summed E-state index contributed by atoms with van der Waals surface area (Å²) in [4.78, 5) is 38.2. The zero-order valence-electron chi connectivity index (χ0n) is 19.6. The highest BCUT2D eigenvalue weighted by Gasteiger charge is 2.42. The van der Waals surface area contributed by atoms with E-state index in [1.807, 2.05) is 78.9 Å². The fourth-order valence-electron chi connectivity index (χ4n) is 4.92. The van der Waals surface area contributed by atoms with E-state index in [-0.39, 0.29) is 32.1 Å². The first-order valence-corrected chi connectivity index (χ1v) is 11.9. The van der Waals surface area contributed by atoms with Crippen molar-refractivity contribution in [1.82, 2.24) is 10.0 Å². The number of hydrogen-bond acceptors (Lipinski definition) is 5. The smallest absolute Gasteiger partial charge is 0.429 e. The van der Waals surface area contributed by atoms with Crippen LogP contribution in [-0.4, -0.2) is 52.5 Å². The number of carboxylic acid groups (broad SMARTS) is 1. The van der Waals surface area contributed by atoms with Gasteiger partial charge in [0.15, 0.2) is 6.04 Å². The van der Waals surface area contributed by atoms with Crippen LogP contribution in [0.25, 0.3) is 11.1 Å². The number of ether oxygens (including phenoxy) is 2. The molecule has 1 saturated heterocycles. The molecule has 3 aromatic rings. The first kappa shape index (κ1) is 23.4. The molecule has 1 fully saturated rings. The van der Waals surface area contributed by atoms with E-state index in [2.05, 4.69) is 0 Å². The van der Waals surface area contributed by atoms with Crippen molar-refractivity contribution >= 4 is 18.2 Å². The Labute approximate surface area is 208 Å². The summed E-state index contributed by atoms with van der Waals surface area (Å²) in [5.41, 5.74) is 5.03. The van der Waals surface area contributed by atoms with Crippen molar-refractivity contribution in [3.63, 3.8) is 0 Å². The molecule has 0 bridgehead atoms. The summed E-state index contributed by atoms with van der Waals surface area (Å²) in [7, 11) is 0. The fraction of sp³-hybridized carbons (Fsp3) is 0.250. The molecule has 8 heteroatoms. The lowest BCUT2D eigenvalue weighted by Gasteiger charge is -2.40. The summed E-state index contributed by atoms with van der Waals surface area (Å²) in [5, 5.41) is 11.7. The van der Waals surface area contributed by atoms with Gasteiger partial charge in [0, 0.05) is 12.5 Å². The number of hydrazine groups is 1. The number of carbonyl (C=O) groups excluding carboxylic acids is 2. The van der Waals surface area contributed by atoms with Gasteiger partial charge in [-0.2, -0.15) is 5.01 Å². The van der Waals surface area contributed by atoms with E-state index in [1.165, 1.54) is 0 Å². The van der Waals surface area contributed by atoms with Crippen LogP contribution >= 0.6 is 0 Å². The molecule has 1 aliphatic heterocycles. The minimum absolute atomic E-state index is 0.00639. The Balaban J connectivity index is 1.33. The standard InChI is InChI=1S/C28H26N2O6/c31-26(32)25-15-8-16-29(27(33)35-17-19-9-2-1-3-10-19)30(25)28(34)36-18-24-22-13-6-4-11-20(22)21-12-5-7-14-23(21)24/h1-7,9-14,24-25H,8,15-18H2,(H,31,32)/t25-/m1/s1. The summed E-state index contributed by atoms with van der Waals surface area (Å²) < 4.78 is 11.1. The Hall–Kier alpha value is -4.33. The van der Waals surface area contributed by atoms with Crippen LogP contribution in [-0.2, 0) is 20.9 Å². The minimum atomic E-state index is -1.22. The van der Waals surface area contributed by atoms with E-state index in [9.17, 15) is 19.5 Å². The van der Waals surface area contributed by atoms with E-state index >= 15 is 0 Å². The molecular formula is C28H26N2O6. The van der Waals surface area contributed by atoms with Crippen molar-refractivity contribution in [3.05, 3.63) is 95.6 Å². The Kier molecular flexibility index (Phi) is 6.58. The monoisotopic (exact) mass is 486 g/mol. The maximum atomic E-state index is 13.3. The van der Waals surface area contributed by atoms with Gasteiger partial charge >= 0.3 is 18.2 Å². The van der Waals surface area contributed by atoms with Gasteiger partial charge in [-0.15, -0.1) is 0 Å². The van der Waals surface area contributed by atoms with Crippen LogP contribution in [0.2, 0.25) is 0 Å². The Bertz CT molecular complexity index is 1230. The number of carboxylic acids is 1. The van der Waals surface area contributed by atoms with Gasteiger partial charge in [0.1, 0.15) is 13.2 Å². The highest BCUT2D eigenvalue weighted by atomic mass is 16.6. The van der Waals surface area contributed by atoms with Gasteiger partial charge in [0.25, 0.3) is 0 Å². The van der Waals surface area contributed by atoms with Gasteiger partial charge in [-0.25, -0.2) is 19.4 Å². The van der Waals surface area contributed by atoms with Crippen LogP contribution in [0.5, 0.6) is 0 Å². The number of rotatable bonds is 5. The molecule has 184 valence electrons. The number of carbonyl (C=O) groups is 3. The van der Waals surface area contributed by atoms with E-state index in [1.54, 1.807) is 0 Å². The number of benzene rings is 3. The lowest BCUT2D eigenvalue weighted by atomic mass is 9.98. The van der Waals surface area contributed by atoms with E-state index in [0.29, 0.717) is 6.42 Å². The van der Waals surface area contributed by atoms with Crippen molar-refractivity contribution in [2.24, 2.45) is 0 Å². The number of nitrogens with zero attached hydrogens (tertiary/aromatic N) is 2. The fourth-order valence-corrected chi connectivity index (χ4v) is 4.92. The second kappa shape index (κ2) is 10.1. The third-order valence-electron chi connectivity index (χ3n) is 6.63. The molecule has 8 nitrogen and oxygen atoms in total. The van der Waals surface area contributed by atoms with E-state index in [4.69, 9.17) is 9.47 Å². The van der Waals surface area contributed by atoms with Gasteiger partial charge < -0.3 is 14.6 Å². The molecule has 1 N–H and O–H groups in total. The molecule has 0 radical (unpaired) electrons. The molecule has 3 aromatic carbocycles. The summed E-state index contributed by atoms with van der Waals surface area (Å²) in [5.74, 6) is -1.39. The second-order valence-electron chi connectivity index (χ2n) is 8.81. The number of amides is 2. The molecule has 2 amide bonds. The van der Waals surface area contributed by atoms with Gasteiger partial charge in [-0.3, -0.25) is 0 Å². The topological polar surface area (TPSA) is 96.4 Å². The molecule has 5 rings (SSSR count). The van der Waals surface area contributed by atoms with E-state index in [0.717, 1.165) is 37.8 Å². The van der Waals surface area contributed by atoms with Crippen LogP contribution in [0.1, 0.15) is 35.4 Å². The number of hydrogen-bond donors (Lipinski definition) is 1. The third-order valence-corrected chi connectivity index (χ3v) is 6.63. The molecule has 0 spiro atoms. The zero-order chi connectivity index (χ0) is 25.1. The highest BCUT2D eigenvalue weighted by molar-refractivity contribution is 5.83. The molecule has 0 aromatic heterocycles. The zero-order valence-corrected chi connectivity index (χ0v) is 19.6. The van der Waals surface area contributed by atoms with Crippen molar-refractivity contribution in [1.29, 1.82) is 0 Å². The SMILES string of the molecule is O=C(O)[C@H]1CCCN(C(=O)OCc2ccccc2)N1C(=O)OCC1c2ccccc2-c2ccccc21. The second-order valence-corrected chi connectivity index (χ2v) is 8.81. The van der Waals surface area contributed by atoms with Crippen LogP contribution < -0.4 is 0 Å². The van der Waals surface area contributed by atoms with Crippen LogP contribution in [0.3, 0.4) is 0 Å². The maximum Gasteiger partial charge on any atom is 0.429 e. The predicted molar refractivity (Wildman–Crippen MR) is 131 cm³/mol. The highest BCUT2D eigenvalue weighted by Crippen LogP contribution is 2.44. The van der Waals surface area contributed by atoms with Crippen molar-refractivity contribution in [2.45, 2.75) is 31.4 Å². The van der Waals surface area contributed by atoms with Gasteiger partial charge in [0.05, 0.1) is 0 Å². The molecule has 0 saturated carbocycles. The summed E-state index contributed by atoms with van der Waals surface area (Å²) in [6.07, 6.45) is -1.05. The Morgan fingerprint density at radius 3 is 2.06 bits per heavy atom. The normalized spacial score (nSPS) is 16.7. The number of fused-ring (bicyclic) bond motifs is 3. The lowest BCUT2D eigenvalue weighted by Crippen LogP contribution is -2.60. The molecule has 1 aliphatic carbocycles. The number of aliphatic carboxylic acids is 1. The van der Waals surface area contributed by atoms with Crippen molar-refractivity contribution in [3.8, 4) is 11.1 Å². The Morgan fingerprint density at radius 1 is 0.806 bits per heavy atom.